The van der Waals surface area contributed by atoms with E-state index >= 15 is 0 Å². The highest BCUT2D eigenvalue weighted by Crippen LogP contribution is 2.34. The van der Waals surface area contributed by atoms with Crippen molar-refractivity contribution in [3.63, 3.8) is 0 Å². The number of hydrogen-bond acceptors (Lipinski definition) is 3. The largest absolute Gasteiger partial charge is 0.313 e. The van der Waals surface area contributed by atoms with Gasteiger partial charge >= 0.3 is 0 Å². The summed E-state index contributed by atoms with van der Waals surface area (Å²) in [5.74, 6) is 0.0805. The monoisotopic (exact) mass is 335 g/mol. The molecule has 0 amide bonds. The molecule has 1 aliphatic rings. The first-order valence-corrected chi connectivity index (χ1v) is 8.37. The van der Waals surface area contributed by atoms with Crippen molar-refractivity contribution < 1.29 is 12.8 Å². The lowest BCUT2D eigenvalue weighted by molar-refractivity contribution is 0.415. The van der Waals surface area contributed by atoms with E-state index in [1.807, 2.05) is 0 Å². The van der Waals surface area contributed by atoms with Crippen LogP contribution in [0.25, 0.3) is 0 Å². The highest BCUT2D eigenvalue weighted by Gasteiger charge is 2.34. The van der Waals surface area contributed by atoms with Crippen LogP contribution in [0.1, 0.15) is 18.0 Å². The summed E-state index contributed by atoms with van der Waals surface area (Å²) in [6.07, 6.45) is 0.622. The third kappa shape index (κ3) is 2.92. The van der Waals surface area contributed by atoms with Crippen molar-refractivity contribution in [2.75, 3.05) is 18.6 Å². The van der Waals surface area contributed by atoms with Crippen LogP contribution in [0.2, 0.25) is 0 Å². The Morgan fingerprint density at radius 1 is 1.50 bits per heavy atom. The Bertz CT molecular complexity index is 547. The van der Waals surface area contributed by atoms with E-state index in [0.29, 0.717) is 6.42 Å². The van der Waals surface area contributed by atoms with Crippen LogP contribution in [0.3, 0.4) is 0 Å². The molecule has 3 nitrogen and oxygen atoms in total. The summed E-state index contributed by atoms with van der Waals surface area (Å²) < 4.78 is 37.2. The van der Waals surface area contributed by atoms with Crippen LogP contribution >= 0.6 is 15.9 Å². The summed E-state index contributed by atoms with van der Waals surface area (Å²) in [5.41, 5.74) is 0.777. The fourth-order valence-corrected chi connectivity index (χ4v) is 4.82. The first kappa shape index (κ1) is 14.0. The molecule has 0 aliphatic carbocycles. The topological polar surface area (TPSA) is 46.2 Å². The molecule has 0 bridgehead atoms. The van der Waals surface area contributed by atoms with Crippen molar-refractivity contribution in [1.29, 1.82) is 0 Å². The molecule has 100 valence electrons. The van der Waals surface area contributed by atoms with Crippen LogP contribution in [-0.2, 0) is 9.84 Å². The molecule has 1 saturated heterocycles. The molecule has 2 unspecified atom stereocenters. The van der Waals surface area contributed by atoms with Gasteiger partial charge in [0.15, 0.2) is 9.84 Å². The van der Waals surface area contributed by atoms with E-state index in [9.17, 15) is 12.8 Å². The second-order valence-electron chi connectivity index (χ2n) is 4.60. The molecule has 1 heterocycles. The van der Waals surface area contributed by atoms with Crippen molar-refractivity contribution >= 4 is 25.8 Å². The Kier molecular flexibility index (Phi) is 4.08. The van der Waals surface area contributed by atoms with E-state index in [0.717, 1.165) is 10.0 Å². The lowest BCUT2D eigenvalue weighted by atomic mass is 9.92. The molecule has 1 aliphatic heterocycles. The van der Waals surface area contributed by atoms with Crippen LogP contribution in [0, 0.1) is 11.7 Å². The molecule has 0 radical (unpaired) electrons. The van der Waals surface area contributed by atoms with Crippen LogP contribution in [0.4, 0.5) is 4.39 Å². The van der Waals surface area contributed by atoms with Crippen molar-refractivity contribution in [3.8, 4) is 0 Å². The Morgan fingerprint density at radius 3 is 2.78 bits per heavy atom. The van der Waals surface area contributed by atoms with Gasteiger partial charge in [0.05, 0.1) is 11.5 Å². The van der Waals surface area contributed by atoms with Gasteiger partial charge in [-0.25, -0.2) is 12.8 Å². The van der Waals surface area contributed by atoms with Gasteiger partial charge in [0.1, 0.15) is 5.82 Å². The Morgan fingerprint density at radius 2 is 2.22 bits per heavy atom. The van der Waals surface area contributed by atoms with E-state index in [4.69, 9.17) is 0 Å². The summed E-state index contributed by atoms with van der Waals surface area (Å²) >= 11 is 3.39. The van der Waals surface area contributed by atoms with Crippen LogP contribution in [-0.4, -0.2) is 27.0 Å². The summed E-state index contributed by atoms with van der Waals surface area (Å²) in [7, 11) is -1.16. The highest BCUT2D eigenvalue weighted by molar-refractivity contribution is 9.10. The van der Waals surface area contributed by atoms with Crippen molar-refractivity contribution in [2.45, 2.75) is 12.5 Å². The fraction of sp³-hybridized carbons (Fsp3) is 0.500. The van der Waals surface area contributed by atoms with Gasteiger partial charge in [0.2, 0.25) is 0 Å². The minimum Gasteiger partial charge on any atom is -0.313 e. The average molecular weight is 336 g/mol. The molecular weight excluding hydrogens is 321 g/mol. The molecule has 2 atom stereocenters. The second kappa shape index (κ2) is 5.27. The first-order valence-electron chi connectivity index (χ1n) is 5.75. The summed E-state index contributed by atoms with van der Waals surface area (Å²) in [4.78, 5) is 0. The molecule has 1 N–H and O–H groups in total. The van der Waals surface area contributed by atoms with Gasteiger partial charge in [-0.1, -0.05) is 15.9 Å². The van der Waals surface area contributed by atoms with Crippen LogP contribution in [0.5, 0.6) is 0 Å². The predicted molar refractivity (Wildman–Crippen MR) is 72.7 cm³/mol. The number of sulfone groups is 1. The highest BCUT2D eigenvalue weighted by atomic mass is 79.9. The van der Waals surface area contributed by atoms with E-state index in [-0.39, 0.29) is 29.3 Å². The molecule has 6 heteroatoms. The minimum atomic E-state index is -2.93. The Balaban J connectivity index is 2.31. The van der Waals surface area contributed by atoms with Crippen molar-refractivity contribution in [2.24, 2.45) is 5.92 Å². The fourth-order valence-electron chi connectivity index (χ4n) is 2.48. The average Bonchev–Trinajstić information content (AvgIpc) is 2.65. The molecule has 0 spiro atoms. The lowest BCUT2D eigenvalue weighted by Gasteiger charge is -2.23. The van der Waals surface area contributed by atoms with Crippen LogP contribution < -0.4 is 5.32 Å². The maximum atomic E-state index is 13.3. The standard InChI is InChI=1S/C12H15BrFNO2S/c1-15-12(8-4-5-18(16,17)7-8)10-6-9(14)2-3-11(10)13/h2-3,6,8,12,15H,4-5,7H2,1H3. The van der Waals surface area contributed by atoms with Gasteiger partial charge in [0, 0.05) is 10.5 Å². The predicted octanol–water partition coefficient (Wildman–Crippen LogP) is 2.28. The zero-order valence-electron chi connectivity index (χ0n) is 9.99. The normalized spacial score (nSPS) is 24.1. The second-order valence-corrected chi connectivity index (χ2v) is 7.68. The molecule has 18 heavy (non-hydrogen) atoms. The van der Waals surface area contributed by atoms with E-state index in [2.05, 4.69) is 21.2 Å². The van der Waals surface area contributed by atoms with Gasteiger partial charge < -0.3 is 5.32 Å². The zero-order chi connectivity index (χ0) is 13.3. The number of hydrogen-bond donors (Lipinski definition) is 1. The third-order valence-electron chi connectivity index (χ3n) is 3.34. The third-order valence-corrected chi connectivity index (χ3v) is 5.86. The van der Waals surface area contributed by atoms with Gasteiger partial charge in [-0.05, 0) is 43.1 Å². The van der Waals surface area contributed by atoms with Gasteiger partial charge in [-0.2, -0.15) is 0 Å². The quantitative estimate of drug-likeness (QED) is 0.921. The van der Waals surface area contributed by atoms with Crippen molar-refractivity contribution in [3.05, 3.63) is 34.1 Å². The van der Waals surface area contributed by atoms with E-state index in [1.165, 1.54) is 12.1 Å². The zero-order valence-corrected chi connectivity index (χ0v) is 12.4. The van der Waals surface area contributed by atoms with Gasteiger partial charge in [-0.15, -0.1) is 0 Å². The molecule has 1 fully saturated rings. The number of nitrogens with one attached hydrogen (secondary N) is 1. The summed E-state index contributed by atoms with van der Waals surface area (Å²) in [6, 6.07) is 4.34. The Labute approximate surface area is 115 Å². The maximum Gasteiger partial charge on any atom is 0.150 e. The molecular formula is C12H15BrFNO2S. The van der Waals surface area contributed by atoms with Crippen LogP contribution in [0.15, 0.2) is 22.7 Å². The van der Waals surface area contributed by atoms with E-state index < -0.39 is 9.84 Å². The van der Waals surface area contributed by atoms with Gasteiger partial charge in [0.25, 0.3) is 0 Å². The number of halogens is 2. The maximum absolute atomic E-state index is 13.3. The summed E-state index contributed by atoms with van der Waals surface area (Å²) in [6.45, 7) is 0. The molecule has 1 aromatic carbocycles. The van der Waals surface area contributed by atoms with Crippen molar-refractivity contribution in [1.82, 2.24) is 5.32 Å². The van der Waals surface area contributed by atoms with E-state index in [1.54, 1.807) is 13.1 Å². The molecule has 2 rings (SSSR count). The smallest absolute Gasteiger partial charge is 0.150 e. The Hall–Kier alpha value is -0.460. The van der Waals surface area contributed by atoms with Gasteiger partial charge in [-0.3, -0.25) is 0 Å². The number of rotatable bonds is 3. The lowest BCUT2D eigenvalue weighted by Crippen LogP contribution is -2.26. The molecule has 1 aromatic rings. The molecule has 0 saturated carbocycles. The SMILES string of the molecule is CNC(c1cc(F)ccc1Br)C1CCS(=O)(=O)C1. The minimum absolute atomic E-state index is 0.00176. The molecule has 0 aromatic heterocycles. The first-order chi connectivity index (χ1) is 8.43. The number of benzene rings is 1. The summed E-state index contributed by atoms with van der Waals surface area (Å²) in [5, 5.41) is 3.10.